The van der Waals surface area contributed by atoms with E-state index in [2.05, 4.69) is 4.74 Å². The van der Waals surface area contributed by atoms with Gasteiger partial charge < -0.3 is 4.74 Å². The van der Waals surface area contributed by atoms with Crippen molar-refractivity contribution < 1.29 is 44.3 Å². The Balaban J connectivity index is 1.23. The van der Waals surface area contributed by atoms with Gasteiger partial charge in [-0.15, -0.1) is 0 Å². The molecule has 48 heavy (non-hydrogen) atoms. The van der Waals surface area contributed by atoms with Crippen LogP contribution in [0.3, 0.4) is 0 Å². The molecule has 0 fully saturated rings. The van der Waals surface area contributed by atoms with Gasteiger partial charge in [-0.3, -0.25) is 0 Å². The Morgan fingerprint density at radius 2 is 1.12 bits per heavy atom. The topological polar surface area (TPSA) is 9.23 Å². The Hall–Kier alpha value is -4.73. The van der Waals surface area contributed by atoms with Gasteiger partial charge in [0, 0.05) is 23.3 Å². The Bertz CT molecular complexity index is 1870. The molecule has 10 heteroatoms. The highest BCUT2D eigenvalue weighted by atomic mass is 19.3. The van der Waals surface area contributed by atoms with Crippen LogP contribution in [0.2, 0.25) is 0 Å². The van der Waals surface area contributed by atoms with Crippen LogP contribution in [0.15, 0.2) is 84.9 Å². The van der Waals surface area contributed by atoms with Gasteiger partial charge in [0.05, 0.1) is 5.56 Å². The molecular weight excluding hydrogens is 643 g/mol. The number of halogens is 9. The summed E-state index contributed by atoms with van der Waals surface area (Å²) in [5, 5.41) is 0. The van der Waals surface area contributed by atoms with Gasteiger partial charge in [0.15, 0.2) is 17.5 Å². The van der Waals surface area contributed by atoms with Crippen molar-refractivity contribution in [1.82, 2.24) is 0 Å². The largest absolute Gasteiger partial charge is 0.429 e. The third-order valence-electron chi connectivity index (χ3n) is 7.99. The van der Waals surface area contributed by atoms with Crippen LogP contribution in [0.1, 0.15) is 48.4 Å². The summed E-state index contributed by atoms with van der Waals surface area (Å²) in [7, 11) is 0. The Morgan fingerprint density at radius 1 is 0.521 bits per heavy atom. The molecule has 5 rings (SSSR count). The molecule has 0 aliphatic rings. The normalized spacial score (nSPS) is 11.6. The molecule has 0 amide bonds. The predicted molar refractivity (Wildman–Crippen MR) is 165 cm³/mol. The van der Waals surface area contributed by atoms with Crippen LogP contribution >= 0.6 is 0 Å². The number of aryl methyl sites for hydroxylation is 2. The molecule has 0 aliphatic heterocycles. The summed E-state index contributed by atoms with van der Waals surface area (Å²) < 4.78 is 134. The smallest absolute Gasteiger partial charge is 0.429 e. The fraction of sp³-hybridized carbons (Fsp3) is 0.211. The maximum Gasteiger partial charge on any atom is 0.429 e. The molecule has 0 atom stereocenters. The summed E-state index contributed by atoms with van der Waals surface area (Å²) in [6.07, 6.45) is -0.977. The second-order valence-electron chi connectivity index (χ2n) is 11.4. The fourth-order valence-electron chi connectivity index (χ4n) is 5.38. The van der Waals surface area contributed by atoms with Crippen LogP contribution in [0.5, 0.6) is 5.75 Å². The fourth-order valence-corrected chi connectivity index (χ4v) is 5.38. The molecule has 1 nitrogen and oxygen atoms in total. The summed E-state index contributed by atoms with van der Waals surface area (Å²) in [5.74, 6) is -9.54. The highest BCUT2D eigenvalue weighted by molar-refractivity contribution is 5.71. The van der Waals surface area contributed by atoms with Crippen molar-refractivity contribution in [1.29, 1.82) is 0 Å². The van der Waals surface area contributed by atoms with Crippen molar-refractivity contribution in [3.05, 3.63) is 148 Å². The molecule has 0 saturated heterocycles. The summed E-state index contributed by atoms with van der Waals surface area (Å²) in [6.45, 7) is 2.00. The lowest BCUT2D eigenvalue weighted by atomic mass is 9.97. The summed E-state index contributed by atoms with van der Waals surface area (Å²) >= 11 is 0. The van der Waals surface area contributed by atoms with Crippen LogP contribution in [-0.2, 0) is 25.4 Å². The highest BCUT2D eigenvalue weighted by Gasteiger charge is 2.38. The monoisotopic (exact) mass is 672 g/mol. The lowest BCUT2D eigenvalue weighted by molar-refractivity contribution is -0.187. The van der Waals surface area contributed by atoms with Crippen molar-refractivity contribution in [3.8, 4) is 28.0 Å². The van der Waals surface area contributed by atoms with Crippen LogP contribution in [0.25, 0.3) is 22.3 Å². The second-order valence-corrected chi connectivity index (χ2v) is 11.4. The number of hydrogen-bond donors (Lipinski definition) is 0. The zero-order valence-corrected chi connectivity index (χ0v) is 25.6. The van der Waals surface area contributed by atoms with Crippen LogP contribution in [0.4, 0.5) is 39.5 Å². The zero-order chi connectivity index (χ0) is 34.6. The molecule has 0 bridgehead atoms. The van der Waals surface area contributed by atoms with Gasteiger partial charge >= 0.3 is 6.11 Å². The quantitative estimate of drug-likeness (QED) is 0.0728. The van der Waals surface area contributed by atoms with E-state index < -0.39 is 58.1 Å². The molecule has 0 saturated carbocycles. The molecule has 0 spiro atoms. The zero-order valence-electron chi connectivity index (χ0n) is 25.6. The number of ether oxygens (including phenoxy) is 1. The van der Waals surface area contributed by atoms with Crippen molar-refractivity contribution in [2.45, 2.75) is 51.6 Å². The van der Waals surface area contributed by atoms with E-state index in [4.69, 9.17) is 0 Å². The van der Waals surface area contributed by atoms with Gasteiger partial charge in [0.2, 0.25) is 0 Å². The number of alkyl halides is 2. The molecule has 0 radical (unpaired) electrons. The van der Waals surface area contributed by atoms with E-state index in [9.17, 15) is 39.5 Å². The van der Waals surface area contributed by atoms with Gasteiger partial charge in [-0.2, -0.15) is 8.78 Å². The molecule has 0 N–H and O–H groups in total. The van der Waals surface area contributed by atoms with E-state index in [1.54, 1.807) is 24.3 Å². The molecule has 0 heterocycles. The number of hydrogen-bond acceptors (Lipinski definition) is 1. The first-order valence-corrected chi connectivity index (χ1v) is 15.2. The maximum absolute atomic E-state index is 14.9. The van der Waals surface area contributed by atoms with Crippen LogP contribution < -0.4 is 4.74 Å². The lowest BCUT2D eigenvalue weighted by Crippen LogP contribution is -2.24. The number of rotatable bonds is 12. The van der Waals surface area contributed by atoms with Gasteiger partial charge in [-0.05, 0) is 83.8 Å². The van der Waals surface area contributed by atoms with Gasteiger partial charge in [-0.1, -0.05) is 62.2 Å². The number of unbranched alkanes of at least 4 members (excludes halogenated alkanes) is 2. The maximum atomic E-state index is 14.9. The van der Waals surface area contributed by atoms with Crippen molar-refractivity contribution in [2.75, 3.05) is 0 Å². The summed E-state index contributed by atoms with van der Waals surface area (Å²) in [4.78, 5) is 0. The molecule has 5 aromatic carbocycles. The Labute approximate surface area is 271 Å². The Morgan fingerprint density at radius 3 is 1.73 bits per heavy atom. The van der Waals surface area contributed by atoms with Crippen LogP contribution in [0, 0.1) is 40.7 Å². The number of benzene rings is 5. The van der Waals surface area contributed by atoms with E-state index in [1.165, 1.54) is 18.2 Å². The molecule has 0 aromatic heterocycles. The van der Waals surface area contributed by atoms with Gasteiger partial charge in [0.1, 0.15) is 29.0 Å². The average Bonchev–Trinajstić information content (AvgIpc) is 3.03. The Kier molecular flexibility index (Phi) is 10.5. The summed E-state index contributed by atoms with van der Waals surface area (Å²) in [5.41, 5.74) is 0.511. The third kappa shape index (κ3) is 7.86. The molecule has 5 aromatic rings. The van der Waals surface area contributed by atoms with E-state index in [0.717, 1.165) is 37.5 Å². The van der Waals surface area contributed by atoms with Gasteiger partial charge in [0.25, 0.3) is 0 Å². The first-order valence-electron chi connectivity index (χ1n) is 15.2. The summed E-state index contributed by atoms with van der Waals surface area (Å²) in [6, 6.07) is 16.5. The van der Waals surface area contributed by atoms with Crippen molar-refractivity contribution in [2.24, 2.45) is 0 Å². The second kappa shape index (κ2) is 14.6. The van der Waals surface area contributed by atoms with E-state index in [1.807, 2.05) is 6.92 Å². The lowest BCUT2D eigenvalue weighted by Gasteiger charge is -2.20. The van der Waals surface area contributed by atoms with E-state index in [-0.39, 0.29) is 29.5 Å². The standard InChI is InChI=1S/C38H29F9O/c1-2-3-4-5-23-9-15-30(34(42)16-23)38(46,47)48-27-20-32(40)29(33(41)21-27)13-8-22-6-10-24(11-7-22)25-12-14-28(31(39)17-25)26-18-35(43)37(45)36(44)19-26/h6-7,9-12,14-21H,2-5,8,13H2,1H3. The SMILES string of the molecule is CCCCCc1ccc(C(F)(F)Oc2cc(F)c(CCc3ccc(-c4ccc(-c5cc(F)c(F)c(F)c5)c(F)c4)cc3)c(F)c2)c(F)c1. The van der Waals surface area contributed by atoms with Gasteiger partial charge in [-0.25, -0.2) is 30.7 Å². The highest BCUT2D eigenvalue weighted by Crippen LogP contribution is 2.35. The van der Waals surface area contributed by atoms with E-state index in [0.29, 0.717) is 52.9 Å². The predicted octanol–water partition coefficient (Wildman–Crippen LogP) is 11.6. The van der Waals surface area contributed by atoms with E-state index >= 15 is 0 Å². The van der Waals surface area contributed by atoms with Crippen LogP contribution in [-0.4, -0.2) is 0 Å². The third-order valence-corrected chi connectivity index (χ3v) is 7.99. The minimum absolute atomic E-state index is 0.128. The van der Waals surface area contributed by atoms with Crippen molar-refractivity contribution in [3.63, 3.8) is 0 Å². The molecular formula is C38H29F9O. The molecule has 0 aliphatic carbocycles. The molecule has 0 unspecified atom stereocenters. The first kappa shape index (κ1) is 34.6. The van der Waals surface area contributed by atoms with Crippen molar-refractivity contribution >= 4 is 0 Å². The average molecular weight is 673 g/mol. The minimum Gasteiger partial charge on any atom is -0.429 e. The molecule has 250 valence electrons. The minimum atomic E-state index is -4.19. The first-order chi connectivity index (χ1) is 22.9.